The predicted octanol–water partition coefficient (Wildman–Crippen LogP) is 13.5. The van der Waals surface area contributed by atoms with Crippen molar-refractivity contribution in [1.82, 2.24) is 0 Å². The third kappa shape index (κ3) is 14.3. The molecule has 0 saturated heterocycles. The predicted molar refractivity (Wildman–Crippen MR) is 212 cm³/mol. The Labute approximate surface area is 388 Å². The maximum absolute atomic E-state index is 14.2. The number of rotatable bonds is 6. The molecule has 0 unspecified atom stereocenters. The number of halogens is 24. The molecule has 0 heterocycles. The van der Waals surface area contributed by atoms with Gasteiger partial charge in [0.2, 0.25) is 0 Å². The van der Waals surface area contributed by atoms with Crippen LogP contribution in [0.2, 0.25) is 0 Å². The number of nitrogens with zero attached hydrogens (tertiary/aromatic N) is 2. The smallest absolute Gasteiger partial charge is 0.194 e. The molecule has 71 heavy (non-hydrogen) atoms. The Balaban J connectivity index is 0.000000824. The van der Waals surface area contributed by atoms with Gasteiger partial charge in [-0.3, -0.25) is 0 Å². The van der Waals surface area contributed by atoms with Crippen molar-refractivity contribution in [3.8, 4) is 12.1 Å². The third-order valence-electron chi connectivity index (χ3n) is 10.3. The second-order valence-corrected chi connectivity index (χ2v) is 18.9. The second kappa shape index (κ2) is 19.7. The molecule has 4 aromatic rings. The number of benzene rings is 4. The van der Waals surface area contributed by atoms with Crippen molar-refractivity contribution in [2.24, 2.45) is 5.41 Å². The Morgan fingerprint density at radius 3 is 0.648 bits per heavy atom. The van der Waals surface area contributed by atoms with Gasteiger partial charge >= 0.3 is 49.4 Å². The van der Waals surface area contributed by atoms with Crippen LogP contribution in [0.1, 0.15) is 65.3 Å². The minimum atomic E-state index is -6.13. The highest BCUT2D eigenvalue weighted by molar-refractivity contribution is 7.95. The van der Waals surface area contributed by atoms with Crippen molar-refractivity contribution >= 4 is 38.9 Å². The van der Waals surface area contributed by atoms with Gasteiger partial charge in [0.25, 0.3) is 0 Å². The van der Waals surface area contributed by atoms with Gasteiger partial charge in [0.1, 0.15) is 29.6 Å². The van der Waals surface area contributed by atoms with E-state index in [1.165, 1.54) is 0 Å². The minimum absolute atomic E-state index is 0.0853. The first-order valence-electron chi connectivity index (χ1n) is 19.0. The number of hydrogen-bond donors (Lipinski definition) is 0. The van der Waals surface area contributed by atoms with E-state index >= 15 is 0 Å². The second-order valence-electron chi connectivity index (χ2n) is 16.7. The summed E-state index contributed by atoms with van der Waals surface area (Å²) in [6, 6.07) is -4.84. The summed E-state index contributed by atoms with van der Waals surface area (Å²) in [5.74, 6) is 0.847. The molecule has 4 rings (SSSR count). The van der Waals surface area contributed by atoms with Crippen molar-refractivity contribution in [2.75, 3.05) is 18.3 Å². The molecular weight excluding hydrogens is 1040 g/mol. The molecule has 0 radical (unpaired) electrons. The van der Waals surface area contributed by atoms with Crippen molar-refractivity contribution in [3.63, 3.8) is 0 Å². The van der Waals surface area contributed by atoms with E-state index in [4.69, 9.17) is 10.5 Å². The molecule has 0 saturated carbocycles. The highest BCUT2D eigenvalue weighted by Crippen LogP contribution is 2.41. The zero-order valence-electron chi connectivity index (χ0n) is 36.1. The average molecular weight is 1070 g/mol. The fourth-order valence-electron chi connectivity index (χ4n) is 7.18. The molecule has 0 aliphatic heterocycles. The summed E-state index contributed by atoms with van der Waals surface area (Å²) in [4.78, 5) is 0. The van der Waals surface area contributed by atoms with Gasteiger partial charge in [0.15, 0.2) is 0 Å². The summed E-state index contributed by atoms with van der Waals surface area (Å²) < 4.78 is 341. The zero-order valence-corrected chi connectivity index (χ0v) is 36.9. The van der Waals surface area contributed by atoms with Crippen LogP contribution in [0.25, 0.3) is 0 Å². The SMILES string of the molecule is C[S+](C)CC(=C(C#N)C#N)C(C)(C)C.FC(F)(F)c1cc([B-](c2cc(C(F)(F)F)cc(C(F)(F)F)c2)(c2cc(C(F)(F)F)cc(C(F)(F)F)c2)c2cc(C(F)(F)F)cc(C(F)(F)F)c2)cc(C(F)(F)F)c1. The zero-order chi connectivity index (χ0) is 55.3. The third-order valence-corrected chi connectivity index (χ3v) is 11.2. The molecule has 0 atom stereocenters. The topological polar surface area (TPSA) is 47.6 Å². The maximum atomic E-state index is 14.2. The van der Waals surface area contributed by atoms with Crippen LogP contribution in [0.5, 0.6) is 0 Å². The molecule has 2 nitrogen and oxygen atoms in total. The molecule has 0 N–H and O–H groups in total. The van der Waals surface area contributed by atoms with Crippen LogP contribution in [0.15, 0.2) is 83.9 Å². The summed E-state index contributed by atoms with van der Waals surface area (Å²) in [7, 11) is 0.224. The summed E-state index contributed by atoms with van der Waals surface area (Å²) in [5.41, 5.74) is -29.0. The Bertz CT molecular complexity index is 2260. The van der Waals surface area contributed by atoms with Gasteiger partial charge in [0, 0.05) is 5.57 Å². The van der Waals surface area contributed by atoms with Crippen molar-refractivity contribution in [1.29, 1.82) is 10.5 Å². The van der Waals surface area contributed by atoms with Crippen LogP contribution in [0.3, 0.4) is 0 Å². The van der Waals surface area contributed by atoms with Crippen molar-refractivity contribution in [2.45, 2.75) is 70.2 Å². The fraction of sp³-hybridized carbons (Fsp3) is 0.349. The van der Waals surface area contributed by atoms with Gasteiger partial charge in [0.05, 0.1) is 57.0 Å². The lowest BCUT2D eigenvalue weighted by Gasteiger charge is -2.46. The average Bonchev–Trinajstić information content (AvgIpc) is 3.18. The van der Waals surface area contributed by atoms with E-state index in [-0.39, 0.29) is 16.3 Å². The van der Waals surface area contributed by atoms with Gasteiger partial charge < -0.3 is 0 Å². The lowest BCUT2D eigenvalue weighted by Crippen LogP contribution is -2.75. The first kappa shape index (κ1) is 59.6. The standard InChI is InChI=1S/C32H12BF24.C11H17N2S/c34-25(35,36)13-1-14(26(37,38)39)6-21(5-13)33(22-7-15(27(40,41)42)2-16(8-22)28(43,44)45,23-9-17(29(46,47)48)3-18(10-23)30(49,50)51)24-11-19(31(52,53)54)4-20(12-24)32(55,56)57;1-11(2,3)10(8-14(4)5)9(6-12)7-13/h1-12H;8H2,1-5H3/q-1;+1. The number of allylic oxidation sites excluding steroid dienone is 1. The molecule has 28 heteroatoms. The van der Waals surface area contributed by atoms with Crippen LogP contribution >= 0.6 is 0 Å². The Hall–Kier alpha value is -5.67. The quantitative estimate of drug-likeness (QED) is 0.0836. The first-order valence-corrected chi connectivity index (χ1v) is 21.2. The molecule has 0 spiro atoms. The highest BCUT2D eigenvalue weighted by atomic mass is 32.2. The van der Waals surface area contributed by atoms with E-state index in [1.807, 2.05) is 32.9 Å². The number of nitriles is 2. The molecule has 0 aliphatic rings. The Kier molecular flexibility index (Phi) is 16.6. The fourth-order valence-corrected chi connectivity index (χ4v) is 8.34. The lowest BCUT2D eigenvalue weighted by molar-refractivity contribution is -0.144. The van der Waals surface area contributed by atoms with Crippen LogP contribution in [-0.4, -0.2) is 24.4 Å². The largest absolute Gasteiger partial charge is 0.416 e. The van der Waals surface area contributed by atoms with E-state index in [9.17, 15) is 105 Å². The van der Waals surface area contributed by atoms with Crippen molar-refractivity contribution in [3.05, 3.63) is 128 Å². The van der Waals surface area contributed by atoms with Crippen molar-refractivity contribution < 1.29 is 105 Å². The summed E-state index contributed by atoms with van der Waals surface area (Å²) in [6.07, 6.45) is -50.6. The monoisotopic (exact) mass is 1070 g/mol. The van der Waals surface area contributed by atoms with E-state index in [1.54, 1.807) is 0 Å². The molecule has 0 fully saturated rings. The first-order chi connectivity index (χ1) is 31.6. The molecule has 4 aromatic carbocycles. The maximum Gasteiger partial charge on any atom is 0.416 e. The minimum Gasteiger partial charge on any atom is -0.194 e. The van der Waals surface area contributed by atoms with Crippen LogP contribution in [0.4, 0.5) is 105 Å². The van der Waals surface area contributed by atoms with Gasteiger partial charge in [-0.15, -0.1) is 0 Å². The van der Waals surface area contributed by atoms with Gasteiger partial charge in [-0.1, -0.05) is 69.3 Å². The summed E-state index contributed by atoms with van der Waals surface area (Å²) in [6.45, 7) is 6.14. The van der Waals surface area contributed by atoms with Crippen LogP contribution < -0.4 is 21.9 Å². The van der Waals surface area contributed by atoms with E-state index in [0.717, 1.165) is 11.3 Å². The Morgan fingerprint density at radius 2 is 0.535 bits per heavy atom. The van der Waals surface area contributed by atoms with E-state index in [0.29, 0.717) is 5.57 Å². The van der Waals surface area contributed by atoms with Gasteiger partial charge in [-0.05, 0) is 40.6 Å². The van der Waals surface area contributed by atoms with Crippen LogP contribution in [-0.2, 0) is 60.3 Å². The van der Waals surface area contributed by atoms with Gasteiger partial charge in [-0.25, -0.2) is 0 Å². The molecule has 0 aromatic heterocycles. The molecule has 0 amide bonds. The van der Waals surface area contributed by atoms with E-state index < -0.39 is 195 Å². The molecule has 0 aliphatic carbocycles. The molecule has 0 bridgehead atoms. The molecule has 388 valence electrons. The van der Waals surface area contributed by atoms with Gasteiger partial charge in [-0.2, -0.15) is 138 Å². The highest BCUT2D eigenvalue weighted by Gasteiger charge is 2.47. The summed E-state index contributed by atoms with van der Waals surface area (Å²) >= 11 is 0. The number of hydrogen-bond acceptors (Lipinski definition) is 2. The normalized spacial score (nSPS) is 13.6. The number of alkyl halides is 24. The molecular formula is C43H29BF24N2S. The van der Waals surface area contributed by atoms with E-state index in [2.05, 4.69) is 12.5 Å². The Morgan fingerprint density at radius 1 is 0.366 bits per heavy atom. The lowest BCUT2D eigenvalue weighted by atomic mass is 9.12. The van der Waals surface area contributed by atoms with Crippen LogP contribution in [0, 0.1) is 28.1 Å². The summed E-state index contributed by atoms with van der Waals surface area (Å²) in [5, 5.41) is 17.7.